The number of hydrogen-bond acceptors (Lipinski definition) is 8. The Morgan fingerprint density at radius 1 is 0.980 bits per heavy atom. The molecule has 7 rings (SSSR count). The molecular formula is C40H55ClN4O5S. The first kappa shape index (κ1) is 36.7. The second kappa shape index (κ2) is 15.4. The summed E-state index contributed by atoms with van der Waals surface area (Å²) in [5.41, 5.74) is 2.93. The molecule has 4 aliphatic heterocycles. The van der Waals surface area contributed by atoms with E-state index in [9.17, 15) is 13.2 Å². The molecule has 1 N–H and O–H groups in total. The fourth-order valence-corrected chi connectivity index (χ4v) is 10.7. The summed E-state index contributed by atoms with van der Waals surface area (Å²) >= 11 is 6.40. The zero-order chi connectivity index (χ0) is 35.8. The van der Waals surface area contributed by atoms with Gasteiger partial charge in [0.15, 0.2) is 0 Å². The normalized spacial score (nSPS) is 32.6. The van der Waals surface area contributed by atoms with Gasteiger partial charge in [0.2, 0.25) is 10.0 Å². The monoisotopic (exact) mass is 738 g/mol. The molecule has 1 aliphatic carbocycles. The molecule has 2 saturated heterocycles. The van der Waals surface area contributed by atoms with Gasteiger partial charge >= 0.3 is 0 Å². The number of fused-ring (bicyclic) bond motifs is 4. The van der Waals surface area contributed by atoms with E-state index in [1.54, 1.807) is 13.0 Å². The van der Waals surface area contributed by atoms with Gasteiger partial charge in [-0.05, 0) is 124 Å². The van der Waals surface area contributed by atoms with E-state index < -0.39 is 26.8 Å². The predicted molar refractivity (Wildman–Crippen MR) is 203 cm³/mol. The third kappa shape index (κ3) is 7.86. The molecule has 0 spiro atoms. The molecular weight excluding hydrogens is 684 g/mol. The Hall–Kier alpha value is -2.63. The Morgan fingerprint density at radius 3 is 2.65 bits per heavy atom. The Labute approximate surface area is 309 Å². The Kier molecular flexibility index (Phi) is 11.1. The maximum absolute atomic E-state index is 13.6. The summed E-state index contributed by atoms with van der Waals surface area (Å²) < 4.78 is 42.8. The van der Waals surface area contributed by atoms with Crippen molar-refractivity contribution >= 4 is 33.2 Å². The standard InChI is InChI=1S/C40H55ClN4O5S/c1-28-8-6-17-40(49-3,27-43-20-21-44-19-7-10-35(44)25-43)36-15-12-32(36)24-45-18-5-4-9-30-22-34(41)14-11-33(30)26-50-38-16-13-31(23-37(38)45)39(46)42-51(47,48)29(28)2/h6,11,13-14,16-17,22-23,28-29,32,35-36H,4-5,7-10,12,15,18-21,24-27H2,1-3H3,(H,42,46)/b17-6+/t28-,29+,32?,35-,36+,40+/m0/s1. The first-order valence-corrected chi connectivity index (χ1v) is 21.0. The van der Waals surface area contributed by atoms with E-state index in [1.165, 1.54) is 24.9 Å². The predicted octanol–water partition coefficient (Wildman–Crippen LogP) is 6.30. The van der Waals surface area contributed by atoms with Gasteiger partial charge in [0.05, 0.1) is 10.9 Å². The van der Waals surface area contributed by atoms with Crippen molar-refractivity contribution in [2.45, 2.75) is 88.7 Å². The van der Waals surface area contributed by atoms with Crippen LogP contribution in [0.3, 0.4) is 0 Å². The number of amides is 1. The highest BCUT2D eigenvalue weighted by molar-refractivity contribution is 7.90. The summed E-state index contributed by atoms with van der Waals surface area (Å²) in [7, 11) is -2.08. The van der Waals surface area contributed by atoms with Crippen molar-refractivity contribution in [1.82, 2.24) is 14.5 Å². The third-order valence-corrected chi connectivity index (χ3v) is 14.8. The summed E-state index contributed by atoms with van der Waals surface area (Å²) in [4.78, 5) is 21.3. The number of sulfonamides is 1. The molecule has 51 heavy (non-hydrogen) atoms. The molecule has 6 atom stereocenters. The van der Waals surface area contributed by atoms with Crippen LogP contribution in [0.1, 0.15) is 80.3 Å². The molecule has 4 heterocycles. The lowest BCUT2D eigenvalue weighted by Gasteiger charge is -2.52. The molecule has 278 valence electrons. The highest BCUT2D eigenvalue weighted by Gasteiger charge is 2.49. The van der Waals surface area contributed by atoms with E-state index in [4.69, 9.17) is 21.1 Å². The highest BCUT2D eigenvalue weighted by atomic mass is 35.5. The van der Waals surface area contributed by atoms with Crippen molar-refractivity contribution in [3.63, 3.8) is 0 Å². The fraction of sp³-hybridized carbons (Fsp3) is 0.625. The zero-order valence-electron chi connectivity index (χ0n) is 30.5. The lowest BCUT2D eigenvalue weighted by Crippen LogP contribution is -2.59. The van der Waals surface area contributed by atoms with E-state index in [-0.39, 0.29) is 5.92 Å². The largest absolute Gasteiger partial charge is 0.487 e. The Morgan fingerprint density at radius 2 is 1.84 bits per heavy atom. The summed E-state index contributed by atoms with van der Waals surface area (Å²) in [6, 6.07) is 11.9. The smallest absolute Gasteiger partial charge is 0.264 e. The van der Waals surface area contributed by atoms with Crippen molar-refractivity contribution in [2.24, 2.45) is 17.8 Å². The minimum absolute atomic E-state index is 0.206. The molecule has 11 heteroatoms. The second-order valence-electron chi connectivity index (χ2n) is 15.8. The Balaban J connectivity index is 1.26. The molecule has 2 bridgehead atoms. The molecule has 1 amide bonds. The molecule has 1 saturated carbocycles. The number of halogens is 1. The van der Waals surface area contributed by atoms with Gasteiger partial charge in [0.25, 0.3) is 5.91 Å². The van der Waals surface area contributed by atoms with E-state index in [2.05, 4.69) is 31.6 Å². The van der Waals surface area contributed by atoms with Crippen LogP contribution in [0.15, 0.2) is 48.6 Å². The summed E-state index contributed by atoms with van der Waals surface area (Å²) in [5.74, 6) is 0.533. The molecule has 3 fully saturated rings. The van der Waals surface area contributed by atoms with E-state index in [1.807, 2.05) is 44.4 Å². The van der Waals surface area contributed by atoms with E-state index in [0.717, 1.165) is 87.6 Å². The quantitative estimate of drug-likeness (QED) is 0.368. The van der Waals surface area contributed by atoms with Gasteiger partial charge in [0, 0.05) is 63.0 Å². The number of methoxy groups -OCH3 is 1. The number of rotatable bonds is 3. The van der Waals surface area contributed by atoms with Crippen LogP contribution >= 0.6 is 11.6 Å². The molecule has 2 aromatic rings. The Bertz CT molecular complexity index is 1720. The number of carbonyl (C=O) groups is 1. The van der Waals surface area contributed by atoms with Crippen LogP contribution in [-0.4, -0.2) is 93.9 Å². The fourth-order valence-electron chi connectivity index (χ4n) is 9.18. The van der Waals surface area contributed by atoms with Gasteiger partial charge in [-0.25, -0.2) is 13.1 Å². The number of ether oxygens (including phenoxy) is 2. The first-order valence-electron chi connectivity index (χ1n) is 19.1. The maximum Gasteiger partial charge on any atom is 0.264 e. The molecule has 0 aromatic heterocycles. The van der Waals surface area contributed by atoms with E-state index in [0.29, 0.717) is 42.2 Å². The number of hydrogen-bond donors (Lipinski definition) is 1. The highest BCUT2D eigenvalue weighted by Crippen LogP contribution is 2.47. The van der Waals surface area contributed by atoms with Crippen LogP contribution in [0.2, 0.25) is 5.02 Å². The average Bonchev–Trinajstić information content (AvgIpc) is 3.56. The lowest BCUT2D eigenvalue weighted by molar-refractivity contribution is -0.0973. The average molecular weight is 739 g/mol. The topological polar surface area (TPSA) is 91.4 Å². The minimum Gasteiger partial charge on any atom is -0.487 e. The van der Waals surface area contributed by atoms with E-state index >= 15 is 0 Å². The van der Waals surface area contributed by atoms with Gasteiger partial charge in [0.1, 0.15) is 18.0 Å². The lowest BCUT2D eigenvalue weighted by atomic mass is 9.63. The van der Waals surface area contributed by atoms with Gasteiger partial charge < -0.3 is 14.4 Å². The number of nitrogens with one attached hydrogen (secondary N) is 1. The van der Waals surface area contributed by atoms with Crippen molar-refractivity contribution in [2.75, 3.05) is 57.8 Å². The SMILES string of the molecule is CO[C@@]1(CN2CCN3CCC[C@H]3C2)/C=C/C[C@H](C)[C@@H](C)S(=O)(=O)NC(=O)c2ccc3c(c2)N(CCCCc2cc(Cl)ccc2CO3)CC2CC[C@H]21. The molecule has 1 unspecified atom stereocenters. The third-order valence-electron chi connectivity index (χ3n) is 12.7. The van der Waals surface area contributed by atoms with Gasteiger partial charge in [-0.15, -0.1) is 0 Å². The van der Waals surface area contributed by atoms with Crippen LogP contribution in [-0.2, 0) is 27.8 Å². The van der Waals surface area contributed by atoms with Crippen molar-refractivity contribution in [3.05, 3.63) is 70.3 Å². The first-order chi connectivity index (χ1) is 24.5. The van der Waals surface area contributed by atoms with Crippen LogP contribution in [0, 0.1) is 17.8 Å². The second-order valence-corrected chi connectivity index (χ2v) is 18.2. The van der Waals surface area contributed by atoms with Crippen molar-refractivity contribution < 1.29 is 22.7 Å². The number of aryl methyl sites for hydroxylation is 1. The molecule has 9 nitrogen and oxygen atoms in total. The number of benzene rings is 2. The molecule has 5 aliphatic rings. The van der Waals surface area contributed by atoms with Crippen molar-refractivity contribution in [3.8, 4) is 5.75 Å². The summed E-state index contributed by atoms with van der Waals surface area (Å²) in [6.45, 7) is 10.8. The van der Waals surface area contributed by atoms with Crippen LogP contribution < -0.4 is 14.4 Å². The number of carbonyl (C=O) groups excluding carboxylic acids is 1. The molecule has 0 radical (unpaired) electrons. The van der Waals surface area contributed by atoms with Gasteiger partial charge in [-0.1, -0.05) is 36.7 Å². The van der Waals surface area contributed by atoms with Crippen molar-refractivity contribution in [1.29, 1.82) is 0 Å². The molecule has 2 aromatic carbocycles. The zero-order valence-corrected chi connectivity index (χ0v) is 32.1. The van der Waals surface area contributed by atoms with Crippen LogP contribution in [0.5, 0.6) is 5.75 Å². The maximum atomic E-state index is 13.6. The van der Waals surface area contributed by atoms with Crippen LogP contribution in [0.4, 0.5) is 5.69 Å². The summed E-state index contributed by atoms with van der Waals surface area (Å²) in [5, 5.41) is -0.0441. The van der Waals surface area contributed by atoms with Gasteiger partial charge in [-0.2, -0.15) is 0 Å². The van der Waals surface area contributed by atoms with Crippen LogP contribution in [0.25, 0.3) is 0 Å². The summed E-state index contributed by atoms with van der Waals surface area (Å²) in [6.07, 6.45) is 12.6. The number of allylic oxidation sites excluding steroid dienone is 1. The number of piperazine rings is 1. The van der Waals surface area contributed by atoms with Gasteiger partial charge in [-0.3, -0.25) is 14.6 Å². The number of nitrogens with zero attached hydrogens (tertiary/aromatic N) is 3. The minimum atomic E-state index is -3.94. The number of anilines is 1.